The molecule has 0 aromatic heterocycles. The van der Waals surface area contributed by atoms with Crippen LogP contribution < -0.4 is 0 Å². The Morgan fingerprint density at radius 2 is 1.67 bits per heavy atom. The molecule has 4 fully saturated rings. The molecule has 3 aliphatic heterocycles. The predicted octanol–water partition coefficient (Wildman–Crippen LogP) is 1.84. The molecule has 1 saturated carbocycles. The molecule has 0 aromatic rings. The number of nitrogens with zero attached hydrogens (tertiary/aromatic N) is 2. The average Bonchev–Trinajstić information content (AvgIpc) is 2.29. The Balaban J connectivity index is 1.56. The monoisotopic (exact) mass is 320 g/mol. The fourth-order valence-corrected chi connectivity index (χ4v) is 4.57. The average molecular weight is 320 g/mol. The zero-order valence-corrected chi connectivity index (χ0v) is 11.7. The maximum absolute atomic E-state index is 2.81. The molecule has 2 bridgehead atoms. The number of hydrogen-bond acceptors (Lipinski definition) is 2. The lowest BCUT2D eigenvalue weighted by atomic mass is 9.70. The van der Waals surface area contributed by atoms with Gasteiger partial charge in [0.2, 0.25) is 0 Å². The van der Waals surface area contributed by atoms with E-state index in [1.807, 2.05) is 0 Å². The highest BCUT2D eigenvalue weighted by Crippen LogP contribution is 2.46. The molecule has 2 unspecified atom stereocenters. The van der Waals surface area contributed by atoms with Crippen molar-refractivity contribution in [2.24, 2.45) is 11.8 Å². The summed E-state index contributed by atoms with van der Waals surface area (Å²) in [5.41, 5.74) is 0. The van der Waals surface area contributed by atoms with Crippen LogP contribution in [-0.2, 0) is 0 Å². The summed E-state index contributed by atoms with van der Waals surface area (Å²) in [6.07, 6.45) is 4.33. The van der Waals surface area contributed by atoms with Crippen LogP contribution in [0.4, 0.5) is 0 Å². The van der Waals surface area contributed by atoms with Crippen LogP contribution in [0, 0.1) is 11.8 Å². The van der Waals surface area contributed by atoms with Gasteiger partial charge in [-0.05, 0) is 51.2 Å². The molecule has 3 heteroatoms. The van der Waals surface area contributed by atoms with E-state index in [0.29, 0.717) is 0 Å². The Labute approximate surface area is 107 Å². The Kier molecular flexibility index (Phi) is 2.98. The van der Waals surface area contributed by atoms with Crippen LogP contribution in [0.1, 0.15) is 19.3 Å². The van der Waals surface area contributed by atoms with E-state index in [-0.39, 0.29) is 0 Å². The van der Waals surface area contributed by atoms with Crippen LogP contribution in [0.2, 0.25) is 0 Å². The standard InChI is InChI=1S/C12H21IN2/c1-14-4-2-11(3-5-14)15-7-9-6-10(8-15)12(9)13/h9-12H,2-8H2,1H3. The van der Waals surface area contributed by atoms with Gasteiger partial charge in [0.05, 0.1) is 0 Å². The summed E-state index contributed by atoms with van der Waals surface area (Å²) in [6, 6.07) is 0.912. The molecule has 4 aliphatic rings. The van der Waals surface area contributed by atoms with Gasteiger partial charge in [-0.25, -0.2) is 0 Å². The summed E-state index contributed by atoms with van der Waals surface area (Å²) < 4.78 is 1.00. The summed E-state index contributed by atoms with van der Waals surface area (Å²) in [5, 5.41) is 0. The Morgan fingerprint density at radius 3 is 2.20 bits per heavy atom. The van der Waals surface area contributed by atoms with Crippen molar-refractivity contribution in [2.45, 2.75) is 29.2 Å². The molecule has 0 radical (unpaired) electrons. The molecule has 0 amide bonds. The number of hydrogen-bond donors (Lipinski definition) is 0. The van der Waals surface area contributed by atoms with E-state index in [1.54, 1.807) is 0 Å². The summed E-state index contributed by atoms with van der Waals surface area (Å²) in [6.45, 7) is 5.42. The maximum Gasteiger partial charge on any atom is 0.0191 e. The highest BCUT2D eigenvalue weighted by atomic mass is 127. The number of fused-ring (bicyclic) bond motifs is 2. The van der Waals surface area contributed by atoms with Crippen LogP contribution >= 0.6 is 22.6 Å². The predicted molar refractivity (Wildman–Crippen MR) is 71.5 cm³/mol. The van der Waals surface area contributed by atoms with Gasteiger partial charge < -0.3 is 4.90 Å². The fraction of sp³-hybridized carbons (Fsp3) is 1.00. The molecule has 4 rings (SSSR count). The van der Waals surface area contributed by atoms with Gasteiger partial charge in [-0.3, -0.25) is 4.90 Å². The molecule has 0 N–H and O–H groups in total. The van der Waals surface area contributed by atoms with Crippen molar-refractivity contribution in [1.82, 2.24) is 9.80 Å². The molecular weight excluding hydrogens is 299 g/mol. The van der Waals surface area contributed by atoms with Crippen LogP contribution in [0.3, 0.4) is 0 Å². The zero-order valence-electron chi connectivity index (χ0n) is 9.53. The minimum Gasteiger partial charge on any atom is -0.306 e. The molecule has 15 heavy (non-hydrogen) atoms. The summed E-state index contributed by atoms with van der Waals surface area (Å²) in [7, 11) is 2.25. The van der Waals surface area contributed by atoms with Gasteiger partial charge in [0.15, 0.2) is 0 Å². The molecule has 2 atom stereocenters. The number of alkyl halides is 1. The maximum atomic E-state index is 2.81. The second-order valence-corrected chi connectivity index (χ2v) is 7.13. The largest absolute Gasteiger partial charge is 0.306 e. The van der Waals surface area contributed by atoms with Crippen molar-refractivity contribution < 1.29 is 0 Å². The third kappa shape index (κ3) is 1.95. The number of rotatable bonds is 1. The van der Waals surface area contributed by atoms with E-state index < -0.39 is 0 Å². The van der Waals surface area contributed by atoms with Crippen LogP contribution in [0.25, 0.3) is 0 Å². The minimum atomic E-state index is 0.912. The molecule has 0 aromatic carbocycles. The first-order chi connectivity index (χ1) is 7.24. The van der Waals surface area contributed by atoms with Crippen LogP contribution in [0.15, 0.2) is 0 Å². The zero-order chi connectivity index (χ0) is 10.4. The van der Waals surface area contributed by atoms with Gasteiger partial charge in [0, 0.05) is 23.1 Å². The van der Waals surface area contributed by atoms with E-state index in [0.717, 1.165) is 21.8 Å². The first-order valence-corrected chi connectivity index (χ1v) is 7.55. The van der Waals surface area contributed by atoms with E-state index in [1.165, 1.54) is 45.4 Å². The summed E-state index contributed by atoms with van der Waals surface area (Å²) >= 11 is 2.68. The van der Waals surface area contributed by atoms with Crippen molar-refractivity contribution in [2.75, 3.05) is 33.2 Å². The van der Waals surface area contributed by atoms with Crippen molar-refractivity contribution in [3.8, 4) is 0 Å². The third-order valence-electron chi connectivity index (χ3n) is 4.65. The lowest BCUT2D eigenvalue weighted by Crippen LogP contribution is -2.59. The van der Waals surface area contributed by atoms with Gasteiger partial charge in [0.1, 0.15) is 0 Å². The number of likely N-dealkylation sites (tertiary alicyclic amines) is 1. The highest BCUT2D eigenvalue weighted by molar-refractivity contribution is 14.1. The van der Waals surface area contributed by atoms with Gasteiger partial charge in [-0.2, -0.15) is 0 Å². The molecule has 2 nitrogen and oxygen atoms in total. The van der Waals surface area contributed by atoms with Crippen molar-refractivity contribution >= 4 is 22.6 Å². The van der Waals surface area contributed by atoms with Crippen LogP contribution in [-0.4, -0.2) is 53.0 Å². The smallest absolute Gasteiger partial charge is 0.0191 e. The van der Waals surface area contributed by atoms with E-state index in [2.05, 4.69) is 39.4 Å². The van der Waals surface area contributed by atoms with E-state index >= 15 is 0 Å². The SMILES string of the molecule is CN1CCC(N2CC3CC(C2)C3I)CC1. The van der Waals surface area contributed by atoms with Gasteiger partial charge in [0.25, 0.3) is 0 Å². The first-order valence-electron chi connectivity index (χ1n) is 6.30. The fourth-order valence-electron chi connectivity index (χ4n) is 3.52. The highest BCUT2D eigenvalue weighted by Gasteiger charge is 2.46. The van der Waals surface area contributed by atoms with E-state index in [4.69, 9.17) is 0 Å². The van der Waals surface area contributed by atoms with Crippen LogP contribution in [0.5, 0.6) is 0 Å². The molecule has 86 valence electrons. The summed E-state index contributed by atoms with van der Waals surface area (Å²) in [5.74, 6) is 2.06. The molecule has 3 saturated heterocycles. The molecule has 3 heterocycles. The van der Waals surface area contributed by atoms with Crippen molar-refractivity contribution in [1.29, 1.82) is 0 Å². The van der Waals surface area contributed by atoms with Crippen molar-refractivity contribution in [3.05, 3.63) is 0 Å². The lowest BCUT2D eigenvalue weighted by molar-refractivity contribution is -0.00254. The van der Waals surface area contributed by atoms with Gasteiger partial charge in [-0.1, -0.05) is 22.6 Å². The minimum absolute atomic E-state index is 0.912. The quantitative estimate of drug-likeness (QED) is 0.537. The third-order valence-corrected chi connectivity index (χ3v) is 6.68. The van der Waals surface area contributed by atoms with Gasteiger partial charge in [-0.15, -0.1) is 0 Å². The molecular formula is C12H21IN2. The Bertz CT molecular complexity index is 226. The number of halogens is 1. The second kappa shape index (κ2) is 4.15. The molecule has 0 spiro atoms. The number of piperidine rings is 3. The first kappa shape index (κ1) is 10.8. The molecule has 1 aliphatic carbocycles. The summed E-state index contributed by atoms with van der Waals surface area (Å²) in [4.78, 5) is 5.28. The normalized spacial score (nSPS) is 44.0. The van der Waals surface area contributed by atoms with Crippen molar-refractivity contribution in [3.63, 3.8) is 0 Å². The lowest BCUT2D eigenvalue weighted by Gasteiger charge is -2.54. The topological polar surface area (TPSA) is 6.48 Å². The second-order valence-electron chi connectivity index (χ2n) is 5.69. The Morgan fingerprint density at radius 1 is 1.07 bits per heavy atom. The van der Waals surface area contributed by atoms with Gasteiger partial charge >= 0.3 is 0 Å². The van der Waals surface area contributed by atoms with E-state index in [9.17, 15) is 0 Å². The Hall–Kier alpha value is 0.650.